The fourth-order valence-electron chi connectivity index (χ4n) is 7.12. The van der Waals surface area contributed by atoms with Crippen molar-refractivity contribution in [2.24, 2.45) is 30.2 Å². The summed E-state index contributed by atoms with van der Waals surface area (Å²) < 4.78 is 1.85. The molecule has 5 heteroatoms. The smallest absolute Gasteiger partial charge is 0.252 e. The number of pyridine rings is 1. The molecule has 1 amide bonds. The zero-order valence-electron chi connectivity index (χ0n) is 18.4. The van der Waals surface area contributed by atoms with Crippen LogP contribution in [0.4, 0.5) is 0 Å². The molecule has 5 nitrogen and oxygen atoms in total. The van der Waals surface area contributed by atoms with Crippen LogP contribution in [-0.4, -0.2) is 27.2 Å². The second-order valence-corrected chi connectivity index (χ2v) is 10.4. The van der Waals surface area contributed by atoms with Gasteiger partial charge in [0.25, 0.3) is 5.91 Å². The van der Waals surface area contributed by atoms with Crippen molar-refractivity contribution in [3.05, 3.63) is 47.8 Å². The first kappa shape index (κ1) is 19.0. The van der Waals surface area contributed by atoms with Crippen LogP contribution >= 0.6 is 0 Å². The van der Waals surface area contributed by atoms with Crippen molar-refractivity contribution >= 4 is 16.8 Å². The lowest BCUT2D eigenvalue weighted by Gasteiger charge is -2.56. The third-order valence-corrected chi connectivity index (χ3v) is 8.26. The number of carbonyl (C=O) groups excluding carboxylic acids is 1. The second-order valence-electron chi connectivity index (χ2n) is 10.4. The maximum Gasteiger partial charge on any atom is 0.252 e. The van der Waals surface area contributed by atoms with Crippen molar-refractivity contribution in [3.8, 4) is 11.3 Å². The van der Waals surface area contributed by atoms with Crippen LogP contribution in [0.2, 0.25) is 0 Å². The van der Waals surface area contributed by atoms with Crippen LogP contribution in [0.15, 0.2) is 36.5 Å². The number of nitrogens with zero attached hydrogens (tertiary/aromatic N) is 3. The Balaban J connectivity index is 1.32. The Kier molecular flexibility index (Phi) is 4.24. The second kappa shape index (κ2) is 6.91. The molecule has 0 unspecified atom stereocenters. The zero-order chi connectivity index (χ0) is 21.2. The van der Waals surface area contributed by atoms with Crippen molar-refractivity contribution in [1.29, 1.82) is 0 Å². The van der Waals surface area contributed by atoms with Crippen LogP contribution in [0.25, 0.3) is 22.2 Å². The van der Waals surface area contributed by atoms with Gasteiger partial charge in [0, 0.05) is 30.2 Å². The summed E-state index contributed by atoms with van der Waals surface area (Å²) in [6, 6.07) is 9.89. The minimum Gasteiger partial charge on any atom is -0.351 e. The molecule has 0 radical (unpaired) electrons. The van der Waals surface area contributed by atoms with Gasteiger partial charge in [0.05, 0.1) is 23.0 Å². The SMILES string of the molecule is Cc1c(-c2cc(C(=O)NCC34CC5CC(CC(C5)C3)C4)c3ccccc3n2)cnn1C. The van der Waals surface area contributed by atoms with Gasteiger partial charge in [-0.25, -0.2) is 4.98 Å². The van der Waals surface area contributed by atoms with Crippen LogP contribution in [0, 0.1) is 30.1 Å². The van der Waals surface area contributed by atoms with Crippen LogP contribution in [0.3, 0.4) is 0 Å². The van der Waals surface area contributed by atoms with E-state index in [0.29, 0.717) is 11.0 Å². The number of para-hydroxylation sites is 1. The monoisotopic (exact) mass is 414 g/mol. The van der Waals surface area contributed by atoms with Gasteiger partial charge < -0.3 is 5.32 Å². The summed E-state index contributed by atoms with van der Waals surface area (Å²) in [5.74, 6) is 2.71. The quantitative estimate of drug-likeness (QED) is 0.661. The van der Waals surface area contributed by atoms with E-state index in [1.54, 1.807) is 0 Å². The fourth-order valence-corrected chi connectivity index (χ4v) is 7.12. The molecule has 4 fully saturated rings. The highest BCUT2D eigenvalue weighted by molar-refractivity contribution is 6.07. The van der Waals surface area contributed by atoms with Crippen molar-refractivity contribution < 1.29 is 4.79 Å². The van der Waals surface area contributed by atoms with E-state index < -0.39 is 0 Å². The Morgan fingerprint density at radius 2 is 1.81 bits per heavy atom. The minimum absolute atomic E-state index is 0.0251. The highest BCUT2D eigenvalue weighted by Gasteiger charge is 2.50. The number of carbonyl (C=O) groups is 1. The summed E-state index contributed by atoms with van der Waals surface area (Å²) in [7, 11) is 1.93. The van der Waals surface area contributed by atoms with Gasteiger partial charge in [0.15, 0.2) is 0 Å². The highest BCUT2D eigenvalue weighted by atomic mass is 16.1. The normalized spacial score (nSPS) is 28.9. The maximum atomic E-state index is 13.5. The lowest BCUT2D eigenvalue weighted by molar-refractivity contribution is -0.0503. The van der Waals surface area contributed by atoms with E-state index >= 15 is 0 Å². The molecule has 160 valence electrons. The molecule has 0 atom stereocenters. The molecule has 2 heterocycles. The summed E-state index contributed by atoms with van der Waals surface area (Å²) >= 11 is 0. The predicted molar refractivity (Wildman–Crippen MR) is 122 cm³/mol. The van der Waals surface area contributed by atoms with Crippen molar-refractivity contribution in [1.82, 2.24) is 20.1 Å². The zero-order valence-corrected chi connectivity index (χ0v) is 18.4. The van der Waals surface area contributed by atoms with Crippen molar-refractivity contribution in [3.63, 3.8) is 0 Å². The average Bonchev–Trinajstić information content (AvgIpc) is 3.09. The van der Waals surface area contributed by atoms with Crippen LogP contribution in [0.5, 0.6) is 0 Å². The molecule has 4 aliphatic rings. The van der Waals surface area contributed by atoms with Gasteiger partial charge in [-0.05, 0) is 80.8 Å². The number of benzene rings is 1. The summed E-state index contributed by atoms with van der Waals surface area (Å²) in [5, 5.41) is 8.64. The number of aryl methyl sites for hydroxylation is 1. The van der Waals surface area contributed by atoms with Gasteiger partial charge in [-0.2, -0.15) is 5.10 Å². The summed E-state index contributed by atoms with van der Waals surface area (Å²) in [6.07, 6.45) is 10.0. The van der Waals surface area contributed by atoms with Gasteiger partial charge in [-0.15, -0.1) is 0 Å². The van der Waals surface area contributed by atoms with Crippen molar-refractivity contribution in [2.75, 3.05) is 6.54 Å². The Hall–Kier alpha value is -2.69. The predicted octanol–water partition coefficient (Wildman–Crippen LogP) is 4.89. The van der Waals surface area contributed by atoms with E-state index in [9.17, 15) is 4.79 Å². The first-order chi connectivity index (χ1) is 15.0. The van der Waals surface area contributed by atoms with E-state index in [0.717, 1.165) is 52.2 Å². The minimum atomic E-state index is 0.0251. The largest absolute Gasteiger partial charge is 0.351 e. The molecular weight excluding hydrogens is 384 g/mol. The highest BCUT2D eigenvalue weighted by Crippen LogP contribution is 2.59. The molecule has 31 heavy (non-hydrogen) atoms. The molecule has 2 aromatic heterocycles. The maximum absolute atomic E-state index is 13.5. The standard InChI is InChI=1S/C26H30N4O/c1-16-22(14-28-30(16)2)24-10-21(20-5-3-4-6-23(20)29-24)25(31)27-15-26-11-17-7-18(12-26)9-19(8-17)13-26/h3-6,10,14,17-19H,7-9,11-13,15H2,1-2H3,(H,27,31). The van der Waals surface area contributed by atoms with Crippen LogP contribution in [-0.2, 0) is 7.05 Å². The molecule has 1 aromatic carbocycles. The molecule has 0 spiro atoms. The van der Waals surface area contributed by atoms with Gasteiger partial charge in [-0.3, -0.25) is 9.48 Å². The summed E-state index contributed by atoms with van der Waals surface area (Å²) in [6.45, 7) is 2.85. The molecule has 0 saturated heterocycles. The summed E-state index contributed by atoms with van der Waals surface area (Å²) in [5.41, 5.74) is 4.72. The van der Waals surface area contributed by atoms with Gasteiger partial charge in [0.1, 0.15) is 0 Å². The topological polar surface area (TPSA) is 59.8 Å². The fraction of sp³-hybridized carbons (Fsp3) is 0.500. The lowest BCUT2D eigenvalue weighted by atomic mass is 9.49. The summed E-state index contributed by atoms with van der Waals surface area (Å²) in [4.78, 5) is 18.3. The van der Waals surface area contributed by atoms with E-state index in [1.807, 2.05) is 55.2 Å². The molecule has 1 N–H and O–H groups in total. The number of aromatic nitrogens is 3. The number of amides is 1. The van der Waals surface area contributed by atoms with E-state index in [1.165, 1.54) is 38.5 Å². The van der Waals surface area contributed by atoms with E-state index in [4.69, 9.17) is 4.98 Å². The molecule has 4 saturated carbocycles. The third kappa shape index (κ3) is 3.17. The Morgan fingerprint density at radius 3 is 2.45 bits per heavy atom. The number of fused-ring (bicyclic) bond motifs is 1. The molecule has 7 rings (SSSR count). The number of nitrogens with one attached hydrogen (secondary N) is 1. The van der Waals surface area contributed by atoms with Crippen LogP contribution < -0.4 is 5.32 Å². The number of rotatable bonds is 4. The van der Waals surface area contributed by atoms with Gasteiger partial charge in [0.2, 0.25) is 0 Å². The Bertz CT molecular complexity index is 1140. The average molecular weight is 415 g/mol. The number of hydrogen-bond acceptors (Lipinski definition) is 3. The lowest BCUT2D eigenvalue weighted by Crippen LogP contribution is -2.51. The molecular formula is C26H30N4O. The Labute approximate surface area is 183 Å². The number of hydrogen-bond donors (Lipinski definition) is 1. The van der Waals surface area contributed by atoms with Crippen LogP contribution in [0.1, 0.15) is 54.6 Å². The molecule has 0 aliphatic heterocycles. The first-order valence-electron chi connectivity index (χ1n) is 11.7. The van der Waals surface area contributed by atoms with E-state index in [-0.39, 0.29) is 5.91 Å². The molecule has 3 aromatic rings. The van der Waals surface area contributed by atoms with Gasteiger partial charge >= 0.3 is 0 Å². The van der Waals surface area contributed by atoms with Crippen molar-refractivity contribution in [2.45, 2.75) is 45.4 Å². The third-order valence-electron chi connectivity index (χ3n) is 8.26. The van der Waals surface area contributed by atoms with E-state index in [2.05, 4.69) is 10.4 Å². The van der Waals surface area contributed by atoms with Gasteiger partial charge in [-0.1, -0.05) is 18.2 Å². The molecule has 4 bridgehead atoms. The molecule has 4 aliphatic carbocycles. The first-order valence-corrected chi connectivity index (χ1v) is 11.7. The Morgan fingerprint density at radius 1 is 1.13 bits per heavy atom.